The van der Waals surface area contributed by atoms with E-state index in [1.165, 1.54) is 10.4 Å². The van der Waals surface area contributed by atoms with Gasteiger partial charge in [0.1, 0.15) is 0 Å². The molecule has 2 N–H and O–H groups in total. The smallest absolute Gasteiger partial charge is 0.191 e. The maximum Gasteiger partial charge on any atom is 0.191 e. The fraction of sp³-hybridized carbons (Fsp3) is 0.476. The van der Waals surface area contributed by atoms with Gasteiger partial charge in [0.15, 0.2) is 5.96 Å². The Balaban J connectivity index is 0.00000280. The Morgan fingerprint density at radius 3 is 2.57 bits per heavy atom. The molecule has 1 unspecified atom stereocenters. The van der Waals surface area contributed by atoms with Gasteiger partial charge in [0.05, 0.1) is 0 Å². The summed E-state index contributed by atoms with van der Waals surface area (Å²) in [5, 5.41) is 10.0. The summed E-state index contributed by atoms with van der Waals surface area (Å²) in [6, 6.07) is 13.0. The Labute approximate surface area is 194 Å². The molecule has 0 bridgehead atoms. The van der Waals surface area contributed by atoms with Crippen molar-refractivity contribution in [2.75, 3.05) is 26.7 Å². The van der Waals surface area contributed by atoms with Gasteiger partial charge in [-0.25, -0.2) is 0 Å². The Kier molecular flexibility index (Phi) is 10.0. The van der Waals surface area contributed by atoms with Crippen LogP contribution in [0.3, 0.4) is 0 Å². The molecular formula is C21H30ClIN4S. The van der Waals surface area contributed by atoms with Gasteiger partial charge >= 0.3 is 0 Å². The lowest BCUT2D eigenvalue weighted by atomic mass is 10.0. The third kappa shape index (κ3) is 7.21. The second-order valence-electron chi connectivity index (χ2n) is 7.19. The molecule has 3 rings (SSSR count). The van der Waals surface area contributed by atoms with Crippen LogP contribution in [-0.2, 0) is 6.54 Å². The predicted molar refractivity (Wildman–Crippen MR) is 132 cm³/mol. The van der Waals surface area contributed by atoms with E-state index in [1.54, 1.807) is 0 Å². The van der Waals surface area contributed by atoms with Gasteiger partial charge in [-0.15, -0.1) is 35.3 Å². The second-order valence-corrected chi connectivity index (χ2v) is 8.61. The summed E-state index contributed by atoms with van der Waals surface area (Å²) in [5.41, 5.74) is 1.32. The van der Waals surface area contributed by atoms with Gasteiger partial charge in [0.2, 0.25) is 0 Å². The molecule has 0 radical (unpaired) electrons. The fourth-order valence-electron chi connectivity index (χ4n) is 3.39. The van der Waals surface area contributed by atoms with Gasteiger partial charge in [-0.1, -0.05) is 36.7 Å². The van der Waals surface area contributed by atoms with Crippen molar-refractivity contribution in [3.8, 4) is 0 Å². The zero-order valence-electron chi connectivity index (χ0n) is 16.5. The maximum atomic E-state index is 5.97. The zero-order valence-corrected chi connectivity index (χ0v) is 20.4. The van der Waals surface area contributed by atoms with Crippen LogP contribution in [-0.4, -0.2) is 43.6 Å². The zero-order chi connectivity index (χ0) is 19.1. The first-order chi connectivity index (χ1) is 13.1. The standard InChI is InChI=1S/C21H29ClN4S.HI/c1-16(20-4-3-13-27-20)14-24-21(23-2)25-19-9-11-26(12-10-19)15-17-5-7-18(22)8-6-17;/h3-8,13,16,19H,9-12,14-15H2,1-2H3,(H2,23,24,25);1H. The number of likely N-dealkylation sites (tertiary alicyclic amines) is 1. The summed E-state index contributed by atoms with van der Waals surface area (Å²) in [5.74, 6) is 1.40. The molecule has 154 valence electrons. The van der Waals surface area contributed by atoms with Crippen LogP contribution in [0.25, 0.3) is 0 Å². The monoisotopic (exact) mass is 532 g/mol. The normalized spacial score (nSPS) is 17.0. The van der Waals surface area contributed by atoms with Crippen LogP contribution < -0.4 is 10.6 Å². The number of hydrogen-bond donors (Lipinski definition) is 2. The summed E-state index contributed by atoms with van der Waals surface area (Å²) in [7, 11) is 1.85. The molecule has 0 saturated carbocycles. The molecule has 1 fully saturated rings. The SMILES string of the molecule is CN=C(NCC(C)c1cccs1)NC1CCN(Cc2ccc(Cl)cc2)CC1.I. The van der Waals surface area contributed by atoms with Crippen LogP contribution >= 0.6 is 46.9 Å². The Morgan fingerprint density at radius 1 is 1.25 bits per heavy atom. The molecule has 0 spiro atoms. The van der Waals surface area contributed by atoms with Crippen LogP contribution in [0.5, 0.6) is 0 Å². The number of rotatable bonds is 6. The third-order valence-electron chi connectivity index (χ3n) is 5.08. The largest absolute Gasteiger partial charge is 0.356 e. The molecule has 1 aliphatic heterocycles. The number of guanidine groups is 1. The molecule has 28 heavy (non-hydrogen) atoms. The molecule has 2 heterocycles. The summed E-state index contributed by atoms with van der Waals surface area (Å²) in [4.78, 5) is 8.32. The molecule has 2 aromatic rings. The molecule has 0 aliphatic carbocycles. The minimum atomic E-state index is 0. The van der Waals surface area contributed by atoms with Crippen molar-refractivity contribution < 1.29 is 0 Å². The average molecular weight is 533 g/mol. The molecule has 0 amide bonds. The van der Waals surface area contributed by atoms with Gasteiger partial charge in [0, 0.05) is 55.1 Å². The van der Waals surface area contributed by atoms with Gasteiger partial charge in [-0.05, 0) is 42.0 Å². The van der Waals surface area contributed by atoms with E-state index < -0.39 is 0 Å². The first kappa shape index (κ1) is 23.4. The van der Waals surface area contributed by atoms with Crippen molar-refractivity contribution in [2.45, 2.75) is 38.3 Å². The molecular weight excluding hydrogens is 503 g/mol. The fourth-order valence-corrected chi connectivity index (χ4v) is 4.31. The third-order valence-corrected chi connectivity index (χ3v) is 6.43. The van der Waals surface area contributed by atoms with E-state index >= 15 is 0 Å². The van der Waals surface area contributed by atoms with Crippen molar-refractivity contribution >= 4 is 52.9 Å². The van der Waals surface area contributed by atoms with Crippen molar-refractivity contribution in [1.82, 2.24) is 15.5 Å². The average Bonchev–Trinajstić information content (AvgIpc) is 3.23. The molecule has 1 atom stereocenters. The highest BCUT2D eigenvalue weighted by molar-refractivity contribution is 14.0. The Bertz CT molecular complexity index is 713. The highest BCUT2D eigenvalue weighted by atomic mass is 127. The summed E-state index contributed by atoms with van der Waals surface area (Å²) in [6.07, 6.45) is 2.27. The minimum absolute atomic E-state index is 0. The van der Waals surface area contributed by atoms with E-state index in [0.717, 1.165) is 50.0 Å². The summed E-state index contributed by atoms with van der Waals surface area (Å²) in [6.45, 7) is 6.35. The Hall–Kier alpha value is -0.830. The minimum Gasteiger partial charge on any atom is -0.356 e. The highest BCUT2D eigenvalue weighted by Crippen LogP contribution is 2.20. The van der Waals surface area contributed by atoms with E-state index in [4.69, 9.17) is 11.6 Å². The molecule has 1 aliphatic rings. The van der Waals surface area contributed by atoms with Crippen molar-refractivity contribution in [1.29, 1.82) is 0 Å². The van der Waals surface area contributed by atoms with E-state index in [1.807, 2.05) is 30.5 Å². The highest BCUT2D eigenvalue weighted by Gasteiger charge is 2.20. The van der Waals surface area contributed by atoms with Gasteiger partial charge in [-0.3, -0.25) is 9.89 Å². The molecule has 1 saturated heterocycles. The lowest BCUT2D eigenvalue weighted by Crippen LogP contribution is -2.49. The molecule has 1 aromatic carbocycles. The predicted octanol–water partition coefficient (Wildman–Crippen LogP) is 4.95. The number of nitrogens with one attached hydrogen (secondary N) is 2. The van der Waals surface area contributed by atoms with E-state index in [-0.39, 0.29) is 24.0 Å². The van der Waals surface area contributed by atoms with Gasteiger partial charge in [-0.2, -0.15) is 0 Å². The number of aliphatic imine (C=N–C) groups is 1. The first-order valence-corrected chi connectivity index (χ1v) is 10.9. The van der Waals surface area contributed by atoms with Gasteiger partial charge < -0.3 is 10.6 Å². The lowest BCUT2D eigenvalue weighted by Gasteiger charge is -2.33. The Morgan fingerprint density at radius 2 is 1.96 bits per heavy atom. The van der Waals surface area contributed by atoms with Crippen LogP contribution in [0.15, 0.2) is 46.8 Å². The number of halogens is 2. The number of hydrogen-bond acceptors (Lipinski definition) is 3. The van der Waals surface area contributed by atoms with Crippen molar-refractivity contribution in [3.05, 3.63) is 57.2 Å². The van der Waals surface area contributed by atoms with Crippen LogP contribution in [0, 0.1) is 0 Å². The van der Waals surface area contributed by atoms with E-state index in [2.05, 4.69) is 57.1 Å². The molecule has 7 heteroatoms. The second kappa shape index (κ2) is 12.0. The van der Waals surface area contributed by atoms with Crippen LogP contribution in [0.4, 0.5) is 0 Å². The molecule has 4 nitrogen and oxygen atoms in total. The molecule has 1 aromatic heterocycles. The summed E-state index contributed by atoms with van der Waals surface area (Å²) < 4.78 is 0. The van der Waals surface area contributed by atoms with Crippen molar-refractivity contribution in [2.24, 2.45) is 4.99 Å². The topological polar surface area (TPSA) is 39.7 Å². The van der Waals surface area contributed by atoms with Gasteiger partial charge in [0.25, 0.3) is 0 Å². The first-order valence-electron chi connectivity index (χ1n) is 9.61. The maximum absolute atomic E-state index is 5.97. The number of benzene rings is 1. The number of nitrogens with zero attached hydrogens (tertiary/aromatic N) is 2. The van der Waals surface area contributed by atoms with Crippen LogP contribution in [0.2, 0.25) is 5.02 Å². The number of thiophene rings is 1. The lowest BCUT2D eigenvalue weighted by molar-refractivity contribution is 0.198. The van der Waals surface area contributed by atoms with Crippen LogP contribution in [0.1, 0.15) is 36.1 Å². The van der Waals surface area contributed by atoms with E-state index in [9.17, 15) is 0 Å². The van der Waals surface area contributed by atoms with Crippen molar-refractivity contribution in [3.63, 3.8) is 0 Å². The van der Waals surface area contributed by atoms with E-state index in [0.29, 0.717) is 12.0 Å². The number of piperidine rings is 1. The quantitative estimate of drug-likeness (QED) is 0.314. The summed E-state index contributed by atoms with van der Waals surface area (Å²) >= 11 is 7.79.